The highest BCUT2D eigenvalue weighted by Crippen LogP contribution is 2.30. The number of nitrogens with one attached hydrogen (secondary N) is 1. The molecule has 0 bridgehead atoms. The van der Waals surface area contributed by atoms with Crippen LogP contribution in [0.2, 0.25) is 0 Å². The number of nitriles is 1. The first kappa shape index (κ1) is 17.1. The SMILES string of the molecule is Cn1cc(/C=C(\C#N)C(=O)NC2CCCC2)c(-c2cc3ccccc3o2)n1. The van der Waals surface area contributed by atoms with Gasteiger partial charge in [0.25, 0.3) is 5.91 Å². The maximum Gasteiger partial charge on any atom is 0.262 e. The standard InChI is InChI=1S/C21H20N4O2/c1-25-13-16(10-15(12-22)21(26)23-17-7-3-4-8-17)20(24-25)19-11-14-6-2-5-9-18(14)27-19/h2,5-6,9-11,13,17H,3-4,7-8H2,1H3,(H,23,26)/b15-10+. The Morgan fingerprint density at radius 1 is 1.37 bits per heavy atom. The van der Waals surface area contributed by atoms with Crippen molar-refractivity contribution in [1.29, 1.82) is 5.26 Å². The second kappa shape index (κ2) is 7.12. The zero-order valence-corrected chi connectivity index (χ0v) is 15.1. The topological polar surface area (TPSA) is 83.9 Å². The van der Waals surface area contributed by atoms with Gasteiger partial charge < -0.3 is 9.73 Å². The number of hydrogen-bond donors (Lipinski definition) is 1. The molecule has 1 fully saturated rings. The number of amides is 1. The Morgan fingerprint density at radius 2 is 2.15 bits per heavy atom. The van der Waals surface area contributed by atoms with Crippen molar-refractivity contribution in [2.45, 2.75) is 31.7 Å². The van der Waals surface area contributed by atoms with Crippen LogP contribution in [0.15, 0.2) is 46.5 Å². The molecule has 1 aliphatic carbocycles. The molecule has 2 heterocycles. The number of nitrogens with zero attached hydrogens (tertiary/aromatic N) is 3. The fraction of sp³-hybridized carbons (Fsp3) is 0.286. The van der Waals surface area contributed by atoms with E-state index in [0.29, 0.717) is 17.0 Å². The molecule has 0 aliphatic heterocycles. The quantitative estimate of drug-likeness (QED) is 0.566. The zero-order chi connectivity index (χ0) is 18.8. The van der Waals surface area contributed by atoms with Crippen LogP contribution in [0.5, 0.6) is 0 Å². The molecule has 27 heavy (non-hydrogen) atoms. The van der Waals surface area contributed by atoms with Gasteiger partial charge in [0, 0.05) is 30.2 Å². The molecule has 6 nitrogen and oxygen atoms in total. The van der Waals surface area contributed by atoms with Crippen LogP contribution in [-0.2, 0) is 11.8 Å². The van der Waals surface area contributed by atoms with E-state index in [1.807, 2.05) is 36.4 Å². The van der Waals surface area contributed by atoms with Gasteiger partial charge in [-0.25, -0.2) is 0 Å². The van der Waals surface area contributed by atoms with Crippen LogP contribution >= 0.6 is 0 Å². The summed E-state index contributed by atoms with van der Waals surface area (Å²) in [5.74, 6) is 0.278. The van der Waals surface area contributed by atoms with Crippen LogP contribution in [0.1, 0.15) is 31.2 Å². The molecule has 136 valence electrons. The number of aromatic nitrogens is 2. The van der Waals surface area contributed by atoms with Crippen LogP contribution in [0, 0.1) is 11.3 Å². The van der Waals surface area contributed by atoms with Crippen molar-refractivity contribution in [2.75, 3.05) is 0 Å². The minimum absolute atomic E-state index is 0.0762. The molecule has 0 atom stereocenters. The summed E-state index contributed by atoms with van der Waals surface area (Å²) >= 11 is 0. The maximum absolute atomic E-state index is 12.5. The van der Waals surface area contributed by atoms with Crippen LogP contribution in [0.3, 0.4) is 0 Å². The van der Waals surface area contributed by atoms with Gasteiger partial charge in [-0.15, -0.1) is 0 Å². The molecule has 1 N–H and O–H groups in total. The van der Waals surface area contributed by atoms with Crippen molar-refractivity contribution < 1.29 is 9.21 Å². The monoisotopic (exact) mass is 360 g/mol. The van der Waals surface area contributed by atoms with Crippen LogP contribution < -0.4 is 5.32 Å². The van der Waals surface area contributed by atoms with Crippen molar-refractivity contribution in [1.82, 2.24) is 15.1 Å². The van der Waals surface area contributed by atoms with Crippen molar-refractivity contribution in [3.8, 4) is 17.5 Å². The van der Waals surface area contributed by atoms with E-state index in [0.717, 1.165) is 36.7 Å². The van der Waals surface area contributed by atoms with E-state index >= 15 is 0 Å². The number of aryl methyl sites for hydroxylation is 1. The molecule has 0 spiro atoms. The van der Waals surface area contributed by atoms with E-state index in [4.69, 9.17) is 4.42 Å². The van der Waals surface area contributed by atoms with E-state index in [9.17, 15) is 10.1 Å². The van der Waals surface area contributed by atoms with Gasteiger partial charge in [0.15, 0.2) is 5.76 Å². The number of benzene rings is 1. The molecule has 1 amide bonds. The van der Waals surface area contributed by atoms with E-state index < -0.39 is 0 Å². The van der Waals surface area contributed by atoms with Gasteiger partial charge >= 0.3 is 0 Å². The number of carbonyl (C=O) groups excluding carboxylic acids is 1. The maximum atomic E-state index is 12.5. The smallest absolute Gasteiger partial charge is 0.262 e. The third-order valence-corrected chi connectivity index (χ3v) is 4.87. The fourth-order valence-electron chi connectivity index (χ4n) is 3.54. The molecule has 0 radical (unpaired) electrons. The third-order valence-electron chi connectivity index (χ3n) is 4.87. The molecular formula is C21H20N4O2. The Kier molecular flexibility index (Phi) is 4.51. The zero-order valence-electron chi connectivity index (χ0n) is 15.1. The van der Waals surface area contributed by atoms with Gasteiger partial charge in [0.05, 0.1) is 0 Å². The lowest BCUT2D eigenvalue weighted by molar-refractivity contribution is -0.117. The largest absolute Gasteiger partial charge is 0.454 e. The normalized spacial score (nSPS) is 15.2. The molecule has 1 aromatic carbocycles. The fourth-order valence-corrected chi connectivity index (χ4v) is 3.54. The summed E-state index contributed by atoms with van der Waals surface area (Å²) in [6.45, 7) is 0. The molecule has 4 rings (SSSR count). The summed E-state index contributed by atoms with van der Waals surface area (Å²) in [6, 6.07) is 11.8. The Balaban J connectivity index is 1.67. The molecule has 1 saturated carbocycles. The Hall–Kier alpha value is -3.33. The number of para-hydroxylation sites is 1. The average Bonchev–Trinajstić information content (AvgIpc) is 3.38. The van der Waals surface area contributed by atoms with Gasteiger partial charge in [-0.05, 0) is 31.1 Å². The molecule has 3 aromatic rings. The lowest BCUT2D eigenvalue weighted by atomic mass is 10.1. The first-order chi connectivity index (χ1) is 13.1. The van der Waals surface area contributed by atoms with Crippen molar-refractivity contribution in [2.24, 2.45) is 7.05 Å². The van der Waals surface area contributed by atoms with E-state index in [-0.39, 0.29) is 17.5 Å². The summed E-state index contributed by atoms with van der Waals surface area (Å²) in [7, 11) is 1.80. The van der Waals surface area contributed by atoms with Crippen molar-refractivity contribution in [3.05, 3.63) is 47.7 Å². The number of rotatable bonds is 4. The van der Waals surface area contributed by atoms with E-state index in [1.165, 1.54) is 0 Å². The highest BCUT2D eigenvalue weighted by atomic mass is 16.3. The van der Waals surface area contributed by atoms with E-state index in [1.54, 1.807) is 24.0 Å². The average molecular weight is 360 g/mol. The predicted molar refractivity (Wildman–Crippen MR) is 102 cm³/mol. The number of fused-ring (bicyclic) bond motifs is 1. The minimum Gasteiger partial charge on any atom is -0.454 e. The Bertz CT molecular complexity index is 1030. The second-order valence-corrected chi connectivity index (χ2v) is 6.88. The minimum atomic E-state index is -0.330. The summed E-state index contributed by atoms with van der Waals surface area (Å²) in [4.78, 5) is 12.5. The molecule has 1 aliphatic rings. The van der Waals surface area contributed by atoms with Gasteiger partial charge in [0.2, 0.25) is 0 Å². The lowest BCUT2D eigenvalue weighted by Gasteiger charge is -2.10. The Morgan fingerprint density at radius 3 is 2.89 bits per heavy atom. The first-order valence-electron chi connectivity index (χ1n) is 9.09. The van der Waals surface area contributed by atoms with Crippen LogP contribution in [0.4, 0.5) is 0 Å². The highest BCUT2D eigenvalue weighted by Gasteiger charge is 2.20. The van der Waals surface area contributed by atoms with Gasteiger partial charge in [-0.3, -0.25) is 9.48 Å². The van der Waals surface area contributed by atoms with Crippen molar-refractivity contribution in [3.63, 3.8) is 0 Å². The summed E-state index contributed by atoms with van der Waals surface area (Å²) < 4.78 is 7.55. The van der Waals surface area contributed by atoms with Gasteiger partial charge in [0.1, 0.15) is 22.9 Å². The Labute approximate surface area is 157 Å². The summed E-state index contributed by atoms with van der Waals surface area (Å²) in [5, 5.41) is 17.9. The van der Waals surface area contributed by atoms with Crippen LogP contribution in [-0.4, -0.2) is 21.7 Å². The molecule has 0 unspecified atom stereocenters. The number of furan rings is 1. The molecule has 0 saturated heterocycles. The van der Waals surface area contributed by atoms with E-state index in [2.05, 4.69) is 10.4 Å². The van der Waals surface area contributed by atoms with Gasteiger partial charge in [-0.2, -0.15) is 10.4 Å². The van der Waals surface area contributed by atoms with Gasteiger partial charge in [-0.1, -0.05) is 31.0 Å². The van der Waals surface area contributed by atoms with Crippen molar-refractivity contribution >= 4 is 23.0 Å². The third kappa shape index (κ3) is 3.49. The molecule has 2 aromatic heterocycles. The number of hydrogen-bond acceptors (Lipinski definition) is 4. The second-order valence-electron chi connectivity index (χ2n) is 6.88. The molecule has 6 heteroatoms. The summed E-state index contributed by atoms with van der Waals surface area (Å²) in [5.41, 5.74) is 2.13. The molecular weight excluding hydrogens is 340 g/mol. The predicted octanol–water partition coefficient (Wildman–Crippen LogP) is 3.80. The highest BCUT2D eigenvalue weighted by molar-refractivity contribution is 6.02. The van der Waals surface area contributed by atoms with Crippen LogP contribution in [0.25, 0.3) is 28.5 Å². The summed E-state index contributed by atoms with van der Waals surface area (Å²) in [6.07, 6.45) is 7.55. The number of carbonyl (C=O) groups is 1. The lowest BCUT2D eigenvalue weighted by Crippen LogP contribution is -2.33. The first-order valence-corrected chi connectivity index (χ1v) is 9.09.